The minimum Gasteiger partial charge on any atom is -0.244 e. The first-order valence-corrected chi connectivity index (χ1v) is 3.25. The van der Waals surface area contributed by atoms with Gasteiger partial charge in [0.05, 0.1) is 0 Å². The summed E-state index contributed by atoms with van der Waals surface area (Å²) in [6.45, 7) is 0. The zero-order valence-electron chi connectivity index (χ0n) is 4.93. The van der Waals surface area contributed by atoms with E-state index >= 15 is 0 Å². The standard InChI is InChI=1S/C7H8F2/c8-6-4-1-2-5(3-4)7(6)9/h1-2,4-7H,3H2. The number of hydrogen-bond donors (Lipinski definition) is 0. The lowest BCUT2D eigenvalue weighted by molar-refractivity contribution is 0.156. The molecule has 1 saturated carbocycles. The topological polar surface area (TPSA) is 0 Å². The number of alkyl halides is 2. The van der Waals surface area contributed by atoms with Crippen LogP contribution in [0.2, 0.25) is 0 Å². The van der Waals surface area contributed by atoms with Gasteiger partial charge in [-0.05, 0) is 6.42 Å². The third kappa shape index (κ3) is 0.562. The molecule has 0 heterocycles. The fourth-order valence-electron chi connectivity index (χ4n) is 1.70. The van der Waals surface area contributed by atoms with Crippen LogP contribution in [0, 0.1) is 11.8 Å². The van der Waals surface area contributed by atoms with Crippen molar-refractivity contribution in [2.45, 2.75) is 18.8 Å². The Labute approximate surface area is 52.6 Å². The molecule has 4 atom stereocenters. The molecule has 2 heteroatoms. The van der Waals surface area contributed by atoms with Crippen molar-refractivity contribution in [2.75, 3.05) is 0 Å². The highest BCUT2D eigenvalue weighted by Crippen LogP contribution is 2.42. The van der Waals surface area contributed by atoms with Crippen LogP contribution in [0.1, 0.15) is 6.42 Å². The summed E-state index contributed by atoms with van der Waals surface area (Å²) in [5, 5.41) is 0. The number of rotatable bonds is 0. The van der Waals surface area contributed by atoms with Crippen LogP contribution < -0.4 is 0 Å². The molecular formula is C7H8F2. The molecule has 1 fully saturated rings. The second-order valence-electron chi connectivity index (χ2n) is 2.84. The van der Waals surface area contributed by atoms with Crippen LogP contribution in [0.25, 0.3) is 0 Å². The molecule has 0 spiro atoms. The minimum atomic E-state index is -1.21. The molecule has 0 N–H and O–H groups in total. The van der Waals surface area contributed by atoms with E-state index < -0.39 is 12.3 Å². The highest BCUT2D eigenvalue weighted by atomic mass is 19.2. The normalized spacial score (nSPS) is 54.9. The van der Waals surface area contributed by atoms with Gasteiger partial charge < -0.3 is 0 Å². The molecule has 0 nitrogen and oxygen atoms in total. The fraction of sp³-hybridized carbons (Fsp3) is 0.714. The van der Waals surface area contributed by atoms with Crippen molar-refractivity contribution >= 4 is 0 Å². The van der Waals surface area contributed by atoms with Crippen LogP contribution in [0.3, 0.4) is 0 Å². The van der Waals surface area contributed by atoms with Crippen LogP contribution in [-0.2, 0) is 0 Å². The zero-order valence-corrected chi connectivity index (χ0v) is 4.93. The van der Waals surface area contributed by atoms with Crippen molar-refractivity contribution in [1.82, 2.24) is 0 Å². The lowest BCUT2D eigenvalue weighted by atomic mass is 10.0. The highest BCUT2D eigenvalue weighted by Gasteiger charge is 2.45. The molecule has 2 bridgehead atoms. The first-order chi connectivity index (χ1) is 4.29. The van der Waals surface area contributed by atoms with Gasteiger partial charge >= 0.3 is 0 Å². The van der Waals surface area contributed by atoms with E-state index in [4.69, 9.17) is 0 Å². The van der Waals surface area contributed by atoms with Crippen molar-refractivity contribution in [3.05, 3.63) is 12.2 Å². The number of allylic oxidation sites excluding steroid dienone is 2. The monoisotopic (exact) mass is 130 g/mol. The Balaban J connectivity index is 2.26. The van der Waals surface area contributed by atoms with Crippen molar-refractivity contribution < 1.29 is 8.78 Å². The Morgan fingerprint density at radius 1 is 1.00 bits per heavy atom. The minimum absolute atomic E-state index is 0.106. The van der Waals surface area contributed by atoms with E-state index in [1.807, 2.05) is 0 Å². The van der Waals surface area contributed by atoms with Gasteiger partial charge in [0.25, 0.3) is 0 Å². The summed E-state index contributed by atoms with van der Waals surface area (Å²) in [4.78, 5) is 0. The van der Waals surface area contributed by atoms with Gasteiger partial charge in [0, 0.05) is 11.8 Å². The quantitative estimate of drug-likeness (QED) is 0.439. The molecule has 0 aliphatic heterocycles. The number of halogens is 2. The SMILES string of the molecule is FC1C2C=CC(C2)C1F. The first kappa shape index (κ1) is 5.39. The summed E-state index contributed by atoms with van der Waals surface area (Å²) in [6, 6.07) is 0. The van der Waals surface area contributed by atoms with E-state index in [9.17, 15) is 8.78 Å². The smallest absolute Gasteiger partial charge is 0.138 e. The molecule has 50 valence electrons. The van der Waals surface area contributed by atoms with Crippen molar-refractivity contribution in [3.8, 4) is 0 Å². The second kappa shape index (κ2) is 1.55. The molecule has 0 aromatic carbocycles. The van der Waals surface area contributed by atoms with E-state index in [0.29, 0.717) is 6.42 Å². The van der Waals surface area contributed by atoms with Crippen molar-refractivity contribution in [3.63, 3.8) is 0 Å². The average molecular weight is 130 g/mol. The van der Waals surface area contributed by atoms with Crippen molar-refractivity contribution in [2.24, 2.45) is 11.8 Å². The third-order valence-electron chi connectivity index (χ3n) is 2.27. The van der Waals surface area contributed by atoms with Gasteiger partial charge in [0.1, 0.15) is 12.3 Å². The predicted molar refractivity (Wildman–Crippen MR) is 30.5 cm³/mol. The molecule has 0 amide bonds. The summed E-state index contributed by atoms with van der Waals surface area (Å²) in [5.74, 6) is -0.213. The summed E-state index contributed by atoms with van der Waals surface area (Å²) in [5.41, 5.74) is 0. The van der Waals surface area contributed by atoms with Gasteiger partial charge in [-0.25, -0.2) is 8.78 Å². The van der Waals surface area contributed by atoms with E-state index in [0.717, 1.165) is 0 Å². The summed E-state index contributed by atoms with van der Waals surface area (Å²) in [6.07, 6.45) is 1.87. The Morgan fingerprint density at radius 2 is 1.44 bits per heavy atom. The Hall–Kier alpha value is -0.400. The largest absolute Gasteiger partial charge is 0.244 e. The summed E-state index contributed by atoms with van der Waals surface area (Å²) < 4.78 is 25.2. The van der Waals surface area contributed by atoms with E-state index in [2.05, 4.69) is 0 Å². The number of hydrogen-bond acceptors (Lipinski definition) is 0. The number of fused-ring (bicyclic) bond motifs is 2. The molecule has 2 aliphatic carbocycles. The molecule has 2 rings (SSSR count). The molecule has 0 radical (unpaired) electrons. The molecule has 4 unspecified atom stereocenters. The van der Waals surface area contributed by atoms with Crippen LogP contribution in [0.15, 0.2) is 12.2 Å². The van der Waals surface area contributed by atoms with E-state index in [-0.39, 0.29) is 11.8 Å². The molecule has 0 saturated heterocycles. The Kier molecular flexibility index (Phi) is 0.930. The van der Waals surface area contributed by atoms with Gasteiger partial charge in [-0.3, -0.25) is 0 Å². The summed E-state index contributed by atoms with van der Waals surface area (Å²) >= 11 is 0. The maximum Gasteiger partial charge on any atom is 0.138 e. The van der Waals surface area contributed by atoms with E-state index in [1.54, 1.807) is 12.2 Å². The fourth-order valence-corrected chi connectivity index (χ4v) is 1.70. The predicted octanol–water partition coefficient (Wildman–Crippen LogP) is 1.87. The molecule has 2 aliphatic rings. The third-order valence-corrected chi connectivity index (χ3v) is 2.27. The van der Waals surface area contributed by atoms with Gasteiger partial charge in [-0.2, -0.15) is 0 Å². The Bertz CT molecular complexity index is 137. The summed E-state index contributed by atoms with van der Waals surface area (Å²) in [7, 11) is 0. The maximum absolute atomic E-state index is 12.6. The molecular weight excluding hydrogens is 122 g/mol. The first-order valence-electron chi connectivity index (χ1n) is 3.25. The second-order valence-corrected chi connectivity index (χ2v) is 2.84. The van der Waals surface area contributed by atoms with Crippen LogP contribution in [0.4, 0.5) is 8.78 Å². The Morgan fingerprint density at radius 3 is 1.67 bits per heavy atom. The van der Waals surface area contributed by atoms with Gasteiger partial charge in [0.15, 0.2) is 0 Å². The lowest BCUT2D eigenvalue weighted by Crippen LogP contribution is -2.21. The molecule has 0 aromatic heterocycles. The van der Waals surface area contributed by atoms with Gasteiger partial charge in [0.2, 0.25) is 0 Å². The van der Waals surface area contributed by atoms with Gasteiger partial charge in [-0.15, -0.1) is 0 Å². The highest BCUT2D eigenvalue weighted by molar-refractivity contribution is 5.14. The average Bonchev–Trinajstić information content (AvgIpc) is 2.37. The van der Waals surface area contributed by atoms with Crippen LogP contribution >= 0.6 is 0 Å². The van der Waals surface area contributed by atoms with Crippen molar-refractivity contribution in [1.29, 1.82) is 0 Å². The zero-order chi connectivity index (χ0) is 6.43. The lowest BCUT2D eigenvalue weighted by Gasteiger charge is -2.12. The maximum atomic E-state index is 12.6. The van der Waals surface area contributed by atoms with Gasteiger partial charge in [-0.1, -0.05) is 12.2 Å². The van der Waals surface area contributed by atoms with Crippen LogP contribution in [-0.4, -0.2) is 12.3 Å². The van der Waals surface area contributed by atoms with Crippen LogP contribution in [0.5, 0.6) is 0 Å². The molecule has 0 aromatic rings. The van der Waals surface area contributed by atoms with E-state index in [1.165, 1.54) is 0 Å². The molecule has 9 heavy (non-hydrogen) atoms.